The molecule has 2 fully saturated rings. The lowest BCUT2D eigenvalue weighted by Crippen LogP contribution is -2.34. The van der Waals surface area contributed by atoms with Crippen LogP contribution in [0.4, 0.5) is 8.78 Å². The lowest BCUT2D eigenvalue weighted by Gasteiger charge is -2.22. The van der Waals surface area contributed by atoms with Crippen LogP contribution >= 0.6 is 12.4 Å². The Morgan fingerprint density at radius 2 is 1.91 bits per heavy atom. The number of hydrogen-bond acceptors (Lipinski definition) is 1. The second kappa shape index (κ2) is 2.56. The molecule has 1 saturated heterocycles. The molecule has 0 aromatic heterocycles. The van der Waals surface area contributed by atoms with Crippen molar-refractivity contribution in [3.05, 3.63) is 0 Å². The van der Waals surface area contributed by atoms with Crippen molar-refractivity contribution in [1.82, 2.24) is 5.32 Å². The van der Waals surface area contributed by atoms with Crippen molar-refractivity contribution in [2.75, 3.05) is 13.1 Å². The summed E-state index contributed by atoms with van der Waals surface area (Å²) in [5.41, 5.74) is -0.620. The second-order valence-corrected chi connectivity index (χ2v) is 3.44. The van der Waals surface area contributed by atoms with Crippen molar-refractivity contribution < 1.29 is 8.78 Å². The molecule has 4 heteroatoms. The predicted molar refractivity (Wildman–Crippen MR) is 41.3 cm³/mol. The molecule has 0 aromatic carbocycles. The molecule has 1 saturated carbocycles. The number of hydrogen-bond donors (Lipinski definition) is 1. The average Bonchev–Trinajstić information content (AvgIpc) is 2.36. The van der Waals surface area contributed by atoms with Crippen molar-refractivity contribution in [2.24, 2.45) is 5.41 Å². The van der Waals surface area contributed by atoms with Crippen LogP contribution in [0.3, 0.4) is 0 Å². The van der Waals surface area contributed by atoms with E-state index in [0.29, 0.717) is 13.0 Å². The van der Waals surface area contributed by atoms with Gasteiger partial charge in [0, 0.05) is 13.0 Å². The highest BCUT2D eigenvalue weighted by Gasteiger charge is 2.70. The Labute approximate surface area is 71.0 Å². The average molecular weight is 184 g/mol. The maximum absolute atomic E-state index is 12.6. The first-order valence-electron chi connectivity index (χ1n) is 3.75. The topological polar surface area (TPSA) is 12.0 Å². The predicted octanol–water partition coefficient (Wildman–Crippen LogP) is 1.82. The molecule has 2 rings (SSSR count). The van der Waals surface area contributed by atoms with Gasteiger partial charge in [0.25, 0.3) is 5.92 Å². The third-order valence-electron chi connectivity index (χ3n) is 2.68. The second-order valence-electron chi connectivity index (χ2n) is 3.44. The first-order chi connectivity index (χ1) is 4.66. The SMILES string of the molecule is Cl.FC1(F)CC12CCCNC2. The molecule has 0 amide bonds. The zero-order valence-corrected chi connectivity index (χ0v) is 7.02. The summed E-state index contributed by atoms with van der Waals surface area (Å²) in [6.07, 6.45) is 1.75. The molecule has 1 N–H and O–H groups in total. The fraction of sp³-hybridized carbons (Fsp3) is 1.00. The summed E-state index contributed by atoms with van der Waals surface area (Å²) in [5, 5.41) is 3.01. The van der Waals surface area contributed by atoms with Crippen LogP contribution in [-0.2, 0) is 0 Å². The highest BCUT2D eigenvalue weighted by molar-refractivity contribution is 5.85. The molecule has 1 nitrogen and oxygen atoms in total. The highest BCUT2D eigenvalue weighted by atomic mass is 35.5. The van der Waals surface area contributed by atoms with E-state index in [1.165, 1.54) is 0 Å². The third-order valence-corrected chi connectivity index (χ3v) is 2.68. The molecule has 0 radical (unpaired) electrons. The van der Waals surface area contributed by atoms with Gasteiger partial charge in [-0.2, -0.15) is 0 Å². The quantitative estimate of drug-likeness (QED) is 0.604. The molecule has 0 aromatic rings. The van der Waals surface area contributed by atoms with Gasteiger partial charge in [0.2, 0.25) is 0 Å². The smallest absolute Gasteiger partial charge is 0.255 e. The molecular weight excluding hydrogens is 172 g/mol. The standard InChI is InChI=1S/C7H11F2N.ClH/c8-7(9)4-6(7)2-1-3-10-5-6;/h10H,1-5H2;1H. The van der Waals surface area contributed by atoms with Gasteiger partial charge in [0.1, 0.15) is 0 Å². The Kier molecular flexibility index (Phi) is 2.14. The van der Waals surface area contributed by atoms with Gasteiger partial charge >= 0.3 is 0 Å². The monoisotopic (exact) mass is 183 g/mol. The van der Waals surface area contributed by atoms with Crippen LogP contribution in [0.5, 0.6) is 0 Å². The van der Waals surface area contributed by atoms with E-state index in [1.54, 1.807) is 0 Å². The van der Waals surface area contributed by atoms with Gasteiger partial charge < -0.3 is 5.32 Å². The molecule has 1 aliphatic heterocycles. The summed E-state index contributed by atoms with van der Waals surface area (Å²) in [7, 11) is 0. The van der Waals surface area contributed by atoms with E-state index in [9.17, 15) is 8.78 Å². The Bertz CT molecular complexity index is 155. The minimum Gasteiger partial charge on any atom is -0.316 e. The van der Waals surface area contributed by atoms with E-state index in [4.69, 9.17) is 0 Å². The van der Waals surface area contributed by atoms with Crippen molar-refractivity contribution in [2.45, 2.75) is 25.2 Å². The number of halogens is 3. The van der Waals surface area contributed by atoms with Gasteiger partial charge in [-0.25, -0.2) is 8.78 Å². The molecule has 1 heterocycles. The van der Waals surface area contributed by atoms with Crippen molar-refractivity contribution in [3.8, 4) is 0 Å². The Hall–Kier alpha value is 0.110. The van der Waals surface area contributed by atoms with E-state index in [0.717, 1.165) is 13.0 Å². The van der Waals surface area contributed by atoms with E-state index in [2.05, 4.69) is 5.32 Å². The minimum absolute atomic E-state index is 0. The van der Waals surface area contributed by atoms with Crippen molar-refractivity contribution in [3.63, 3.8) is 0 Å². The fourth-order valence-corrected chi connectivity index (χ4v) is 1.81. The van der Waals surface area contributed by atoms with Crippen LogP contribution in [0.1, 0.15) is 19.3 Å². The largest absolute Gasteiger partial charge is 0.316 e. The van der Waals surface area contributed by atoms with Crippen LogP contribution in [0.2, 0.25) is 0 Å². The van der Waals surface area contributed by atoms with E-state index in [-0.39, 0.29) is 18.8 Å². The summed E-state index contributed by atoms with van der Waals surface area (Å²) in [6, 6.07) is 0. The molecule has 1 unspecified atom stereocenters. The van der Waals surface area contributed by atoms with E-state index >= 15 is 0 Å². The van der Waals surface area contributed by atoms with Crippen LogP contribution in [0.25, 0.3) is 0 Å². The molecule has 0 bridgehead atoms. The summed E-state index contributed by atoms with van der Waals surface area (Å²) in [5.74, 6) is -2.35. The van der Waals surface area contributed by atoms with Crippen LogP contribution in [0.15, 0.2) is 0 Å². The number of alkyl halides is 2. The highest BCUT2D eigenvalue weighted by Crippen LogP contribution is 2.63. The lowest BCUT2D eigenvalue weighted by atomic mass is 9.96. The number of rotatable bonds is 0. The zero-order chi connectivity index (χ0) is 7.24. The minimum atomic E-state index is -2.35. The molecule has 1 spiro atoms. The fourth-order valence-electron chi connectivity index (χ4n) is 1.81. The molecule has 1 atom stereocenters. The normalized spacial score (nSPS) is 39.8. The van der Waals surface area contributed by atoms with Crippen molar-refractivity contribution in [1.29, 1.82) is 0 Å². The van der Waals surface area contributed by atoms with Gasteiger partial charge in [0.05, 0.1) is 5.41 Å². The van der Waals surface area contributed by atoms with Gasteiger partial charge in [-0.15, -0.1) is 12.4 Å². The number of piperidine rings is 1. The van der Waals surface area contributed by atoms with Crippen LogP contribution in [-0.4, -0.2) is 19.0 Å². The van der Waals surface area contributed by atoms with Gasteiger partial charge in [-0.3, -0.25) is 0 Å². The summed E-state index contributed by atoms with van der Waals surface area (Å²) >= 11 is 0. The summed E-state index contributed by atoms with van der Waals surface area (Å²) < 4.78 is 25.3. The lowest BCUT2D eigenvalue weighted by molar-refractivity contribution is 0.0536. The first kappa shape index (κ1) is 9.20. The molecule has 2 aliphatic rings. The molecular formula is C7H12ClF2N. The van der Waals surface area contributed by atoms with Crippen LogP contribution < -0.4 is 5.32 Å². The van der Waals surface area contributed by atoms with E-state index < -0.39 is 11.3 Å². The number of nitrogens with one attached hydrogen (secondary N) is 1. The molecule has 66 valence electrons. The maximum atomic E-state index is 12.6. The molecule has 11 heavy (non-hydrogen) atoms. The van der Waals surface area contributed by atoms with Crippen molar-refractivity contribution >= 4 is 12.4 Å². The Morgan fingerprint density at radius 1 is 1.27 bits per heavy atom. The third kappa shape index (κ3) is 1.25. The summed E-state index contributed by atoms with van der Waals surface area (Å²) in [4.78, 5) is 0. The Morgan fingerprint density at radius 3 is 2.18 bits per heavy atom. The maximum Gasteiger partial charge on any atom is 0.255 e. The van der Waals surface area contributed by atoms with Gasteiger partial charge in [0.15, 0.2) is 0 Å². The Balaban J connectivity index is 0.000000605. The van der Waals surface area contributed by atoms with Gasteiger partial charge in [-0.05, 0) is 19.4 Å². The van der Waals surface area contributed by atoms with Gasteiger partial charge in [-0.1, -0.05) is 0 Å². The summed E-state index contributed by atoms with van der Waals surface area (Å²) in [6.45, 7) is 1.44. The van der Waals surface area contributed by atoms with E-state index in [1.807, 2.05) is 0 Å². The zero-order valence-electron chi connectivity index (χ0n) is 6.20. The molecule has 1 aliphatic carbocycles. The van der Waals surface area contributed by atoms with Crippen LogP contribution in [0, 0.1) is 5.41 Å². The first-order valence-corrected chi connectivity index (χ1v) is 3.75.